The smallest absolute Gasteiger partial charge is 0.145 e. The van der Waals surface area contributed by atoms with Crippen LogP contribution in [0, 0.1) is 0 Å². The van der Waals surface area contributed by atoms with Crippen LogP contribution in [0.4, 0.5) is 0 Å². The maximum atomic E-state index is 9.60. The van der Waals surface area contributed by atoms with Crippen LogP contribution in [-0.4, -0.2) is 11.9 Å². The average Bonchev–Trinajstić information content (AvgIpc) is 2.62. The summed E-state index contributed by atoms with van der Waals surface area (Å²) in [6, 6.07) is 22.8. The molecule has 0 saturated carbocycles. The van der Waals surface area contributed by atoms with Crippen molar-refractivity contribution in [3.05, 3.63) is 89.5 Å². The number of aliphatic hydroxyl groups is 1. The van der Waals surface area contributed by atoms with E-state index in [1.54, 1.807) is 0 Å². The number of aliphatic hydroxyl groups excluding tert-OH is 1. The first-order valence-electron chi connectivity index (χ1n) is 7.84. The molecule has 3 aromatic rings. The van der Waals surface area contributed by atoms with Gasteiger partial charge in [0.2, 0.25) is 0 Å². The summed E-state index contributed by atoms with van der Waals surface area (Å²) in [5.74, 6) is 0. The molecule has 2 nitrogen and oxygen atoms in total. The van der Waals surface area contributed by atoms with Crippen molar-refractivity contribution < 1.29 is 9.84 Å². The third-order valence-corrected chi connectivity index (χ3v) is 4.63. The van der Waals surface area contributed by atoms with Gasteiger partial charge in [-0.1, -0.05) is 78.9 Å². The van der Waals surface area contributed by atoms with Crippen LogP contribution >= 0.6 is 0 Å². The number of hydrogen-bond acceptors (Lipinski definition) is 2. The van der Waals surface area contributed by atoms with E-state index in [0.29, 0.717) is 6.42 Å². The van der Waals surface area contributed by atoms with E-state index in [2.05, 4.69) is 54.6 Å². The Morgan fingerprint density at radius 2 is 1.61 bits per heavy atom. The average molecular weight is 302 g/mol. The number of fused-ring (bicyclic) bond motifs is 2. The van der Waals surface area contributed by atoms with Gasteiger partial charge in [0.05, 0.1) is 0 Å². The number of ether oxygens (including phenoxy) is 1. The molecule has 4 rings (SSSR count). The highest BCUT2D eigenvalue weighted by atomic mass is 16.6. The summed E-state index contributed by atoms with van der Waals surface area (Å²) in [6.07, 6.45) is 4.96. The molecule has 3 aromatic carbocycles. The second kappa shape index (κ2) is 5.65. The number of hydrogen-bond donors (Lipinski definition) is 1. The van der Waals surface area contributed by atoms with Gasteiger partial charge in [-0.2, -0.15) is 0 Å². The summed E-state index contributed by atoms with van der Waals surface area (Å²) in [4.78, 5) is 0. The first kappa shape index (κ1) is 14.2. The van der Waals surface area contributed by atoms with Crippen molar-refractivity contribution in [1.82, 2.24) is 0 Å². The highest BCUT2D eigenvalue weighted by molar-refractivity contribution is 5.87. The maximum Gasteiger partial charge on any atom is 0.145 e. The van der Waals surface area contributed by atoms with Crippen molar-refractivity contribution in [2.24, 2.45) is 0 Å². The Morgan fingerprint density at radius 1 is 0.870 bits per heavy atom. The molecule has 23 heavy (non-hydrogen) atoms. The molecular weight excluding hydrogens is 284 g/mol. The standard InChI is InChI=1S/C21H18O2/c22-15-23-21(14-6-10-17-8-2-4-12-19(17)21)20-13-5-9-16-7-1-3-11-18(16)20/h1-13,22H,14-15H2. The van der Waals surface area contributed by atoms with Gasteiger partial charge in [0, 0.05) is 6.42 Å². The minimum absolute atomic E-state index is 0.314. The Bertz CT molecular complexity index is 876. The molecule has 1 aliphatic carbocycles. The molecule has 0 bridgehead atoms. The topological polar surface area (TPSA) is 29.5 Å². The molecule has 2 heteroatoms. The summed E-state index contributed by atoms with van der Waals surface area (Å²) in [6.45, 7) is -0.314. The van der Waals surface area contributed by atoms with Crippen LogP contribution in [0.1, 0.15) is 23.1 Å². The molecule has 0 amide bonds. The van der Waals surface area contributed by atoms with Gasteiger partial charge in [-0.15, -0.1) is 0 Å². The zero-order valence-electron chi connectivity index (χ0n) is 12.8. The molecule has 0 spiro atoms. The van der Waals surface area contributed by atoms with Gasteiger partial charge in [-0.3, -0.25) is 0 Å². The van der Waals surface area contributed by atoms with Crippen molar-refractivity contribution in [3.8, 4) is 0 Å². The van der Waals surface area contributed by atoms with E-state index >= 15 is 0 Å². The summed E-state index contributed by atoms with van der Waals surface area (Å²) >= 11 is 0. The molecule has 0 radical (unpaired) electrons. The molecule has 0 aromatic heterocycles. The number of rotatable bonds is 3. The Hall–Kier alpha value is -2.42. The Kier molecular flexibility index (Phi) is 3.49. The SMILES string of the molecule is OCOC1(c2cccc3ccccc23)CC=Cc2ccccc21. The highest BCUT2D eigenvalue weighted by Gasteiger charge is 2.38. The van der Waals surface area contributed by atoms with Crippen LogP contribution in [-0.2, 0) is 10.3 Å². The number of benzene rings is 3. The summed E-state index contributed by atoms with van der Waals surface area (Å²) < 4.78 is 6.00. The fourth-order valence-electron chi connectivity index (χ4n) is 3.63. The largest absolute Gasteiger partial charge is 0.371 e. The van der Waals surface area contributed by atoms with E-state index < -0.39 is 5.60 Å². The van der Waals surface area contributed by atoms with Crippen LogP contribution in [0.3, 0.4) is 0 Å². The van der Waals surface area contributed by atoms with Gasteiger partial charge in [0.1, 0.15) is 12.4 Å². The zero-order chi connectivity index (χ0) is 15.7. The molecule has 114 valence electrons. The third kappa shape index (κ3) is 2.19. The third-order valence-electron chi connectivity index (χ3n) is 4.63. The second-order valence-electron chi connectivity index (χ2n) is 5.82. The summed E-state index contributed by atoms with van der Waals surface area (Å²) in [5, 5.41) is 11.9. The fraction of sp³-hybridized carbons (Fsp3) is 0.143. The quantitative estimate of drug-likeness (QED) is 0.723. The normalized spacial score (nSPS) is 19.7. The van der Waals surface area contributed by atoms with E-state index in [1.807, 2.05) is 24.3 Å². The predicted octanol–water partition coefficient (Wildman–Crippen LogP) is 4.47. The lowest BCUT2D eigenvalue weighted by Crippen LogP contribution is -2.33. The van der Waals surface area contributed by atoms with Crippen LogP contribution in [0.25, 0.3) is 16.8 Å². The molecule has 0 heterocycles. The molecule has 1 unspecified atom stereocenters. The van der Waals surface area contributed by atoms with Crippen molar-refractivity contribution in [2.45, 2.75) is 12.0 Å². The van der Waals surface area contributed by atoms with Gasteiger partial charge in [-0.25, -0.2) is 0 Å². The van der Waals surface area contributed by atoms with Crippen LogP contribution in [0.2, 0.25) is 0 Å². The van der Waals surface area contributed by atoms with Crippen LogP contribution in [0.15, 0.2) is 72.8 Å². The Labute approximate surface area is 135 Å². The van der Waals surface area contributed by atoms with Crippen molar-refractivity contribution >= 4 is 16.8 Å². The first-order valence-corrected chi connectivity index (χ1v) is 7.84. The fourth-order valence-corrected chi connectivity index (χ4v) is 3.63. The van der Waals surface area contributed by atoms with Gasteiger partial charge < -0.3 is 9.84 Å². The molecule has 1 atom stereocenters. The summed E-state index contributed by atoms with van der Waals surface area (Å²) in [5.41, 5.74) is 2.69. The zero-order valence-corrected chi connectivity index (χ0v) is 12.8. The van der Waals surface area contributed by atoms with Gasteiger partial charge in [0.15, 0.2) is 0 Å². The lowest BCUT2D eigenvalue weighted by atomic mass is 9.76. The molecular formula is C21H18O2. The molecule has 0 saturated heterocycles. The molecule has 1 aliphatic rings. The van der Waals surface area contributed by atoms with E-state index in [-0.39, 0.29) is 6.79 Å². The predicted molar refractivity (Wildman–Crippen MR) is 93.0 cm³/mol. The second-order valence-corrected chi connectivity index (χ2v) is 5.82. The van der Waals surface area contributed by atoms with E-state index in [9.17, 15) is 5.11 Å². The minimum Gasteiger partial charge on any atom is -0.371 e. The van der Waals surface area contributed by atoms with E-state index in [4.69, 9.17) is 4.74 Å². The lowest BCUT2D eigenvalue weighted by Gasteiger charge is -2.37. The Morgan fingerprint density at radius 3 is 2.52 bits per heavy atom. The van der Waals surface area contributed by atoms with Gasteiger partial charge in [-0.05, 0) is 27.5 Å². The first-order chi connectivity index (χ1) is 11.3. The molecule has 0 fully saturated rings. The summed E-state index contributed by atoms with van der Waals surface area (Å²) in [7, 11) is 0. The van der Waals surface area contributed by atoms with Crippen molar-refractivity contribution in [2.75, 3.05) is 6.79 Å². The highest BCUT2D eigenvalue weighted by Crippen LogP contribution is 2.44. The lowest BCUT2D eigenvalue weighted by molar-refractivity contribution is -0.0977. The molecule has 0 aliphatic heterocycles. The molecule has 1 N–H and O–H groups in total. The van der Waals surface area contributed by atoms with Crippen LogP contribution < -0.4 is 0 Å². The van der Waals surface area contributed by atoms with Crippen molar-refractivity contribution in [3.63, 3.8) is 0 Å². The Balaban J connectivity index is 2.04. The van der Waals surface area contributed by atoms with Gasteiger partial charge in [0.25, 0.3) is 0 Å². The van der Waals surface area contributed by atoms with E-state index in [0.717, 1.165) is 22.1 Å². The maximum absolute atomic E-state index is 9.60. The van der Waals surface area contributed by atoms with Gasteiger partial charge >= 0.3 is 0 Å². The van der Waals surface area contributed by atoms with E-state index in [1.165, 1.54) is 5.39 Å². The minimum atomic E-state index is -0.652. The van der Waals surface area contributed by atoms with Crippen molar-refractivity contribution in [1.29, 1.82) is 0 Å². The monoisotopic (exact) mass is 302 g/mol. The van der Waals surface area contributed by atoms with Crippen LogP contribution in [0.5, 0.6) is 0 Å².